The van der Waals surface area contributed by atoms with Crippen LogP contribution in [0, 0.1) is 0 Å². The second-order valence-electron chi connectivity index (χ2n) is 3.76. The van der Waals surface area contributed by atoms with Crippen molar-refractivity contribution in [3.05, 3.63) is 33.8 Å². The van der Waals surface area contributed by atoms with Crippen LogP contribution in [0.3, 0.4) is 0 Å². The molecule has 0 atom stereocenters. The number of benzene rings is 1. The quantitative estimate of drug-likeness (QED) is 0.708. The number of halogens is 2. The van der Waals surface area contributed by atoms with E-state index in [0.717, 1.165) is 31.1 Å². The van der Waals surface area contributed by atoms with Gasteiger partial charge in [0.15, 0.2) is 0 Å². The predicted molar refractivity (Wildman–Crippen MR) is 58.1 cm³/mol. The lowest BCUT2D eigenvalue weighted by molar-refractivity contribution is -0.115. The van der Waals surface area contributed by atoms with Crippen LogP contribution in [0.4, 0.5) is 0 Å². The van der Waals surface area contributed by atoms with Gasteiger partial charge in [0.05, 0.1) is 15.5 Å². The van der Waals surface area contributed by atoms with Gasteiger partial charge in [-0.15, -0.1) is 0 Å². The standard InChI is InChI=1S/C11H10Cl2O/c12-9-3-2-8(6-10(9)13)11(7-14)4-1-5-11/h2-3,6-7H,1,4-5H2. The third-order valence-corrected chi connectivity index (χ3v) is 3.70. The van der Waals surface area contributed by atoms with E-state index in [4.69, 9.17) is 23.2 Å². The van der Waals surface area contributed by atoms with Gasteiger partial charge < -0.3 is 4.79 Å². The van der Waals surface area contributed by atoms with Crippen molar-refractivity contribution in [1.29, 1.82) is 0 Å². The van der Waals surface area contributed by atoms with Crippen molar-refractivity contribution < 1.29 is 4.79 Å². The minimum Gasteiger partial charge on any atom is -0.302 e. The molecule has 0 aliphatic heterocycles. The van der Waals surface area contributed by atoms with Crippen LogP contribution in [0.15, 0.2) is 18.2 Å². The summed E-state index contributed by atoms with van der Waals surface area (Å²) < 4.78 is 0. The van der Waals surface area contributed by atoms with Gasteiger partial charge in [0.1, 0.15) is 6.29 Å². The molecule has 0 N–H and O–H groups in total. The van der Waals surface area contributed by atoms with Crippen molar-refractivity contribution in [3.8, 4) is 0 Å². The number of carbonyl (C=O) groups excluding carboxylic acids is 1. The minimum atomic E-state index is -0.284. The van der Waals surface area contributed by atoms with E-state index in [-0.39, 0.29) is 5.41 Å². The Kier molecular flexibility index (Phi) is 2.54. The molecule has 1 aromatic rings. The van der Waals surface area contributed by atoms with E-state index in [1.807, 2.05) is 6.07 Å². The number of rotatable bonds is 2. The van der Waals surface area contributed by atoms with Gasteiger partial charge in [0.2, 0.25) is 0 Å². The van der Waals surface area contributed by atoms with Crippen LogP contribution in [0.5, 0.6) is 0 Å². The Morgan fingerprint density at radius 3 is 2.36 bits per heavy atom. The first-order valence-corrected chi connectivity index (χ1v) is 5.35. The molecule has 14 heavy (non-hydrogen) atoms. The van der Waals surface area contributed by atoms with E-state index in [2.05, 4.69) is 0 Å². The van der Waals surface area contributed by atoms with Crippen LogP contribution in [0.25, 0.3) is 0 Å². The molecule has 0 bridgehead atoms. The third-order valence-electron chi connectivity index (χ3n) is 2.97. The van der Waals surface area contributed by atoms with Crippen LogP contribution < -0.4 is 0 Å². The Labute approximate surface area is 93.0 Å². The first kappa shape index (κ1) is 10.0. The zero-order valence-corrected chi connectivity index (χ0v) is 9.11. The molecule has 0 saturated heterocycles. The molecule has 0 aromatic heterocycles. The normalized spacial score (nSPS) is 18.7. The Bertz CT molecular complexity index is 370. The van der Waals surface area contributed by atoms with E-state index in [9.17, 15) is 4.79 Å². The Morgan fingerprint density at radius 1 is 1.21 bits per heavy atom. The Hall–Kier alpha value is -0.530. The summed E-state index contributed by atoms with van der Waals surface area (Å²) >= 11 is 11.7. The van der Waals surface area contributed by atoms with Crippen LogP contribution in [-0.4, -0.2) is 6.29 Å². The molecule has 0 radical (unpaired) electrons. The monoisotopic (exact) mass is 228 g/mol. The molecule has 1 aliphatic carbocycles. The first-order valence-electron chi connectivity index (χ1n) is 4.60. The van der Waals surface area contributed by atoms with Crippen molar-refractivity contribution >= 4 is 29.5 Å². The molecule has 3 heteroatoms. The fourth-order valence-corrected chi connectivity index (χ4v) is 2.14. The van der Waals surface area contributed by atoms with Crippen molar-refractivity contribution in [1.82, 2.24) is 0 Å². The largest absolute Gasteiger partial charge is 0.302 e. The van der Waals surface area contributed by atoms with Gasteiger partial charge in [-0.1, -0.05) is 35.7 Å². The summed E-state index contributed by atoms with van der Waals surface area (Å²) in [5.74, 6) is 0. The zero-order valence-electron chi connectivity index (χ0n) is 7.59. The summed E-state index contributed by atoms with van der Waals surface area (Å²) in [4.78, 5) is 11.0. The number of carbonyl (C=O) groups is 1. The Morgan fingerprint density at radius 2 is 1.93 bits per heavy atom. The molecule has 0 spiro atoms. The highest BCUT2D eigenvalue weighted by Crippen LogP contribution is 2.43. The fourth-order valence-electron chi connectivity index (χ4n) is 1.84. The van der Waals surface area contributed by atoms with Crippen molar-refractivity contribution in [2.75, 3.05) is 0 Å². The van der Waals surface area contributed by atoms with Crippen LogP contribution in [-0.2, 0) is 10.2 Å². The molecule has 1 saturated carbocycles. The predicted octanol–water partition coefficient (Wildman–Crippen LogP) is 3.61. The summed E-state index contributed by atoms with van der Waals surface area (Å²) in [5.41, 5.74) is 0.710. The second-order valence-corrected chi connectivity index (χ2v) is 4.57. The average Bonchev–Trinajstić information content (AvgIpc) is 2.10. The lowest BCUT2D eigenvalue weighted by atomic mass is 9.65. The molecule has 74 valence electrons. The van der Waals surface area contributed by atoms with E-state index >= 15 is 0 Å². The van der Waals surface area contributed by atoms with Gasteiger partial charge in [-0.3, -0.25) is 0 Å². The third kappa shape index (κ3) is 1.45. The smallest absolute Gasteiger partial charge is 0.130 e. The highest BCUT2D eigenvalue weighted by molar-refractivity contribution is 6.42. The highest BCUT2D eigenvalue weighted by Gasteiger charge is 2.38. The fraction of sp³-hybridized carbons (Fsp3) is 0.364. The maximum Gasteiger partial charge on any atom is 0.130 e. The molecule has 0 unspecified atom stereocenters. The van der Waals surface area contributed by atoms with Gasteiger partial charge in [0, 0.05) is 0 Å². The summed E-state index contributed by atoms with van der Waals surface area (Å²) in [7, 11) is 0. The van der Waals surface area contributed by atoms with E-state index in [0.29, 0.717) is 10.0 Å². The van der Waals surface area contributed by atoms with E-state index in [1.165, 1.54) is 0 Å². The molecule has 0 heterocycles. The van der Waals surface area contributed by atoms with Gasteiger partial charge in [-0.2, -0.15) is 0 Å². The number of aldehydes is 1. The first-order chi connectivity index (χ1) is 6.68. The summed E-state index contributed by atoms with van der Waals surface area (Å²) in [6, 6.07) is 5.45. The van der Waals surface area contributed by atoms with E-state index < -0.39 is 0 Å². The van der Waals surface area contributed by atoms with Gasteiger partial charge in [-0.05, 0) is 30.5 Å². The lowest BCUT2D eigenvalue weighted by Gasteiger charge is -2.37. The molecule has 1 nitrogen and oxygen atoms in total. The molecule has 1 fully saturated rings. The van der Waals surface area contributed by atoms with Gasteiger partial charge >= 0.3 is 0 Å². The van der Waals surface area contributed by atoms with Crippen molar-refractivity contribution in [2.45, 2.75) is 24.7 Å². The lowest BCUT2D eigenvalue weighted by Crippen LogP contribution is -2.35. The van der Waals surface area contributed by atoms with Crippen LogP contribution in [0.1, 0.15) is 24.8 Å². The second kappa shape index (κ2) is 3.56. The molecule has 1 aliphatic rings. The SMILES string of the molecule is O=CC1(c2ccc(Cl)c(Cl)c2)CCC1. The van der Waals surface area contributed by atoms with Gasteiger partial charge in [-0.25, -0.2) is 0 Å². The zero-order chi connectivity index (χ0) is 10.2. The van der Waals surface area contributed by atoms with Crippen molar-refractivity contribution in [3.63, 3.8) is 0 Å². The van der Waals surface area contributed by atoms with Gasteiger partial charge in [0.25, 0.3) is 0 Å². The molecule has 0 amide bonds. The molecule has 2 rings (SSSR count). The maximum absolute atomic E-state index is 11.0. The van der Waals surface area contributed by atoms with Crippen LogP contribution >= 0.6 is 23.2 Å². The summed E-state index contributed by atoms with van der Waals surface area (Å²) in [6.07, 6.45) is 4.00. The minimum absolute atomic E-state index is 0.284. The van der Waals surface area contributed by atoms with Crippen LogP contribution in [0.2, 0.25) is 10.0 Å². The Balaban J connectivity index is 2.41. The average molecular weight is 229 g/mol. The maximum atomic E-state index is 11.0. The highest BCUT2D eigenvalue weighted by atomic mass is 35.5. The molecular formula is C11H10Cl2O. The number of hydrogen-bond acceptors (Lipinski definition) is 1. The molecular weight excluding hydrogens is 219 g/mol. The topological polar surface area (TPSA) is 17.1 Å². The van der Waals surface area contributed by atoms with E-state index in [1.54, 1.807) is 12.1 Å². The van der Waals surface area contributed by atoms with Crippen molar-refractivity contribution in [2.24, 2.45) is 0 Å². The summed E-state index contributed by atoms with van der Waals surface area (Å²) in [6.45, 7) is 0. The summed E-state index contributed by atoms with van der Waals surface area (Å²) in [5, 5.41) is 1.06. The number of hydrogen-bond donors (Lipinski definition) is 0. The molecule has 1 aromatic carbocycles.